The Balaban J connectivity index is 2.54. The van der Waals surface area contributed by atoms with Crippen molar-refractivity contribution in [3.63, 3.8) is 0 Å². The van der Waals surface area contributed by atoms with Gasteiger partial charge < -0.3 is 9.84 Å². The summed E-state index contributed by atoms with van der Waals surface area (Å²) in [6, 6.07) is 1.10. The van der Waals surface area contributed by atoms with E-state index in [1.165, 1.54) is 0 Å². The summed E-state index contributed by atoms with van der Waals surface area (Å²) in [5.74, 6) is -5.76. The van der Waals surface area contributed by atoms with Gasteiger partial charge in [-0.3, -0.25) is 0 Å². The van der Waals surface area contributed by atoms with Crippen molar-refractivity contribution in [1.82, 2.24) is 9.97 Å². The summed E-state index contributed by atoms with van der Waals surface area (Å²) in [4.78, 5) is 17.5. The fourth-order valence-corrected chi connectivity index (χ4v) is 0.929. The lowest BCUT2D eigenvalue weighted by molar-refractivity contribution is -0.168. The molecular formula is C9H8F4N2O3. The Kier molecular flexibility index (Phi) is 4.54. The molecule has 0 saturated heterocycles. The van der Waals surface area contributed by atoms with Crippen molar-refractivity contribution in [1.29, 1.82) is 0 Å². The van der Waals surface area contributed by atoms with E-state index in [4.69, 9.17) is 5.11 Å². The van der Waals surface area contributed by atoms with Crippen molar-refractivity contribution in [2.24, 2.45) is 0 Å². The number of halogens is 4. The molecule has 0 spiro atoms. The molecule has 1 aromatic rings. The molecule has 1 N–H and O–H groups in total. The zero-order valence-electron chi connectivity index (χ0n) is 8.82. The first kappa shape index (κ1) is 14.3. The molecule has 0 saturated carbocycles. The van der Waals surface area contributed by atoms with Crippen LogP contribution in [-0.4, -0.2) is 40.0 Å². The zero-order valence-corrected chi connectivity index (χ0v) is 8.82. The Labute approximate surface area is 98.4 Å². The average molecular weight is 268 g/mol. The first-order valence-electron chi connectivity index (χ1n) is 4.62. The van der Waals surface area contributed by atoms with E-state index in [1.807, 2.05) is 0 Å². The van der Waals surface area contributed by atoms with E-state index in [0.717, 1.165) is 12.3 Å². The number of hydrogen-bond acceptors (Lipinski definition) is 4. The molecule has 0 amide bonds. The average Bonchev–Trinajstić information content (AvgIpc) is 2.29. The van der Waals surface area contributed by atoms with Crippen LogP contribution in [0.2, 0.25) is 0 Å². The maximum Gasteiger partial charge on any atom is 0.354 e. The first-order chi connectivity index (χ1) is 8.33. The van der Waals surface area contributed by atoms with Crippen molar-refractivity contribution in [3.05, 3.63) is 23.8 Å². The zero-order chi connectivity index (χ0) is 13.8. The molecule has 100 valence electrons. The number of aromatic carboxylic acids is 1. The number of hydrogen-bond donors (Lipinski definition) is 1. The largest absolute Gasteiger partial charge is 0.477 e. The van der Waals surface area contributed by atoms with Gasteiger partial charge in [0.1, 0.15) is 13.2 Å². The highest BCUT2D eigenvalue weighted by molar-refractivity contribution is 5.85. The lowest BCUT2D eigenvalue weighted by atomic mass is 10.4. The predicted octanol–water partition coefficient (Wildman–Crippen LogP) is 1.59. The van der Waals surface area contributed by atoms with E-state index in [1.54, 1.807) is 0 Å². The van der Waals surface area contributed by atoms with Crippen LogP contribution in [0.3, 0.4) is 0 Å². The van der Waals surface area contributed by atoms with E-state index in [9.17, 15) is 22.4 Å². The lowest BCUT2D eigenvalue weighted by Gasteiger charge is -2.14. The van der Waals surface area contributed by atoms with E-state index < -0.39 is 31.5 Å². The molecule has 0 aliphatic rings. The van der Waals surface area contributed by atoms with Gasteiger partial charge >= 0.3 is 18.3 Å². The van der Waals surface area contributed by atoms with Crippen LogP contribution >= 0.6 is 0 Å². The minimum atomic E-state index is -4.26. The van der Waals surface area contributed by atoms with Gasteiger partial charge in [-0.25, -0.2) is 23.5 Å². The van der Waals surface area contributed by atoms with Crippen LogP contribution in [-0.2, 0) is 11.3 Å². The van der Waals surface area contributed by atoms with Crippen LogP contribution in [0.4, 0.5) is 17.6 Å². The number of carboxylic acids is 1. The van der Waals surface area contributed by atoms with Crippen LogP contribution in [0.25, 0.3) is 0 Å². The highest BCUT2D eigenvalue weighted by atomic mass is 19.3. The third-order valence-electron chi connectivity index (χ3n) is 1.77. The molecule has 9 heteroatoms. The Hall–Kier alpha value is -1.77. The molecule has 1 rings (SSSR count). The van der Waals surface area contributed by atoms with E-state index in [-0.39, 0.29) is 11.5 Å². The molecule has 0 bridgehead atoms. The summed E-state index contributed by atoms with van der Waals surface area (Å²) < 4.78 is 52.8. The lowest BCUT2D eigenvalue weighted by Crippen LogP contribution is -2.32. The van der Waals surface area contributed by atoms with Crippen LogP contribution in [0, 0.1) is 0 Å². The quantitative estimate of drug-likeness (QED) is 0.793. The van der Waals surface area contributed by atoms with Gasteiger partial charge in [-0.05, 0) is 6.07 Å². The molecule has 1 heterocycles. The molecule has 0 aliphatic heterocycles. The van der Waals surface area contributed by atoms with Crippen LogP contribution in [0.15, 0.2) is 12.3 Å². The van der Waals surface area contributed by atoms with Gasteiger partial charge in [0, 0.05) is 6.20 Å². The first-order valence-corrected chi connectivity index (χ1v) is 4.62. The minimum absolute atomic E-state index is 0.181. The molecule has 0 radical (unpaired) electrons. The normalized spacial score (nSPS) is 11.8. The van der Waals surface area contributed by atoms with Crippen molar-refractivity contribution in [2.75, 3.05) is 6.61 Å². The van der Waals surface area contributed by atoms with Crippen LogP contribution in [0.1, 0.15) is 16.3 Å². The van der Waals surface area contributed by atoms with Gasteiger partial charge in [0.05, 0.1) is 0 Å². The Morgan fingerprint density at radius 2 is 2.17 bits per heavy atom. The summed E-state index contributed by atoms with van der Waals surface area (Å²) in [5.41, 5.74) is -0.343. The summed E-state index contributed by atoms with van der Waals surface area (Å²) in [6.45, 7) is -2.07. The predicted molar refractivity (Wildman–Crippen MR) is 49.6 cm³/mol. The van der Waals surface area contributed by atoms with Gasteiger partial charge in [0.25, 0.3) is 0 Å². The third kappa shape index (κ3) is 3.91. The van der Waals surface area contributed by atoms with E-state index in [0.29, 0.717) is 0 Å². The molecule has 0 unspecified atom stereocenters. The summed E-state index contributed by atoms with van der Waals surface area (Å²) >= 11 is 0. The van der Waals surface area contributed by atoms with Crippen molar-refractivity contribution >= 4 is 5.97 Å². The third-order valence-corrected chi connectivity index (χ3v) is 1.77. The highest BCUT2D eigenvalue weighted by Crippen LogP contribution is 2.23. The number of alkyl halides is 4. The second-order valence-electron chi connectivity index (χ2n) is 3.22. The number of carbonyl (C=O) groups is 1. The standard InChI is InChI=1S/C9H8F4N2O3/c10-8(11)9(12,13)4-18-3-6-14-2-1-5(15-6)7(16)17/h1-2,8H,3-4H2,(H,16,17). The number of carboxylic acid groups (broad SMARTS) is 1. The van der Waals surface area contributed by atoms with Crippen molar-refractivity contribution < 1.29 is 32.2 Å². The van der Waals surface area contributed by atoms with Gasteiger partial charge in [0.15, 0.2) is 11.5 Å². The molecule has 0 atom stereocenters. The Morgan fingerprint density at radius 1 is 1.50 bits per heavy atom. The monoisotopic (exact) mass is 268 g/mol. The number of ether oxygens (including phenoxy) is 1. The summed E-state index contributed by atoms with van der Waals surface area (Å²) in [5, 5.41) is 8.59. The fraction of sp³-hybridized carbons (Fsp3) is 0.444. The molecule has 0 aromatic carbocycles. The van der Waals surface area contributed by atoms with Gasteiger partial charge in [-0.2, -0.15) is 8.78 Å². The molecule has 5 nitrogen and oxygen atoms in total. The van der Waals surface area contributed by atoms with Crippen molar-refractivity contribution in [3.8, 4) is 0 Å². The number of rotatable bonds is 6. The topological polar surface area (TPSA) is 72.3 Å². The molecule has 0 fully saturated rings. The number of nitrogens with zero attached hydrogens (tertiary/aromatic N) is 2. The smallest absolute Gasteiger partial charge is 0.354 e. The maximum atomic E-state index is 12.4. The number of aromatic nitrogens is 2. The maximum absolute atomic E-state index is 12.4. The van der Waals surface area contributed by atoms with Crippen molar-refractivity contribution in [2.45, 2.75) is 19.0 Å². The SMILES string of the molecule is O=C(O)c1ccnc(COCC(F)(F)C(F)F)n1. The Morgan fingerprint density at radius 3 is 2.72 bits per heavy atom. The minimum Gasteiger partial charge on any atom is -0.477 e. The van der Waals surface area contributed by atoms with Gasteiger partial charge in [-0.1, -0.05) is 0 Å². The summed E-state index contributed by atoms with van der Waals surface area (Å²) in [6.07, 6.45) is -2.73. The fourth-order valence-electron chi connectivity index (χ4n) is 0.929. The second-order valence-corrected chi connectivity index (χ2v) is 3.22. The Bertz CT molecular complexity index is 428. The molecular weight excluding hydrogens is 260 g/mol. The van der Waals surface area contributed by atoms with Crippen LogP contribution in [0.5, 0.6) is 0 Å². The van der Waals surface area contributed by atoms with Gasteiger partial charge in [-0.15, -0.1) is 0 Å². The summed E-state index contributed by atoms with van der Waals surface area (Å²) in [7, 11) is 0. The molecule has 18 heavy (non-hydrogen) atoms. The second kappa shape index (κ2) is 5.71. The van der Waals surface area contributed by atoms with Crippen LogP contribution < -0.4 is 0 Å². The highest BCUT2D eigenvalue weighted by Gasteiger charge is 2.40. The van der Waals surface area contributed by atoms with E-state index >= 15 is 0 Å². The van der Waals surface area contributed by atoms with Gasteiger partial charge in [0.2, 0.25) is 0 Å². The molecule has 1 aromatic heterocycles. The van der Waals surface area contributed by atoms with E-state index in [2.05, 4.69) is 14.7 Å². The molecule has 0 aliphatic carbocycles.